The average Bonchev–Trinajstić information content (AvgIpc) is 3.46. The summed E-state index contributed by atoms with van der Waals surface area (Å²) in [5.74, 6) is -0.0327. The zero-order chi connectivity index (χ0) is 24.2. The Balaban J connectivity index is 1.27. The summed E-state index contributed by atoms with van der Waals surface area (Å²) in [7, 11) is 0. The molecule has 0 aliphatic rings. The minimum atomic E-state index is -0.380. The number of para-hydroxylation sites is 1. The summed E-state index contributed by atoms with van der Waals surface area (Å²) in [6, 6.07) is 23.0. The van der Waals surface area contributed by atoms with E-state index >= 15 is 0 Å². The maximum Gasteiger partial charge on any atom is 0.263 e. The summed E-state index contributed by atoms with van der Waals surface area (Å²) >= 11 is 12.2. The number of amides is 1. The minimum Gasteiger partial charge on any atom is -0.342 e. The molecule has 0 aliphatic heterocycles. The van der Waals surface area contributed by atoms with Gasteiger partial charge in [0.1, 0.15) is 6.54 Å². The van der Waals surface area contributed by atoms with Gasteiger partial charge in [0.25, 0.3) is 5.91 Å². The first-order valence-electron chi connectivity index (χ1n) is 10.7. The highest BCUT2D eigenvalue weighted by Gasteiger charge is 2.12. The second-order valence-electron chi connectivity index (χ2n) is 7.77. The zero-order valence-electron chi connectivity index (χ0n) is 18.3. The molecule has 0 fully saturated rings. The summed E-state index contributed by atoms with van der Waals surface area (Å²) in [6.45, 7) is 0.552. The lowest BCUT2D eigenvalue weighted by molar-refractivity contribution is -0.122. The van der Waals surface area contributed by atoms with Gasteiger partial charge in [0, 0.05) is 39.8 Å². The van der Waals surface area contributed by atoms with Crippen LogP contribution in [0.15, 0.2) is 84.1 Å². The molecule has 174 valence electrons. The molecule has 0 aliphatic carbocycles. The lowest BCUT2D eigenvalue weighted by Gasteiger charge is -2.05. The zero-order valence-corrected chi connectivity index (χ0v) is 19.9. The van der Waals surface area contributed by atoms with Crippen LogP contribution in [0.4, 0.5) is 0 Å². The molecule has 2 aromatic heterocycles. The Morgan fingerprint density at radius 2 is 1.77 bits per heavy atom. The summed E-state index contributed by atoms with van der Waals surface area (Å²) in [5, 5.41) is 18.5. The molecule has 2 heterocycles. The molecule has 0 spiro atoms. The van der Waals surface area contributed by atoms with Crippen molar-refractivity contribution in [1.29, 1.82) is 0 Å². The van der Waals surface area contributed by atoms with Crippen LogP contribution in [-0.2, 0) is 17.9 Å². The summed E-state index contributed by atoms with van der Waals surface area (Å²) < 4.78 is 2.14. The molecule has 0 saturated carbocycles. The summed E-state index contributed by atoms with van der Waals surface area (Å²) in [4.78, 5) is 13.6. The van der Waals surface area contributed by atoms with E-state index in [1.165, 1.54) is 4.80 Å². The Hall–Kier alpha value is -4.01. The molecule has 8 nitrogen and oxygen atoms in total. The van der Waals surface area contributed by atoms with Gasteiger partial charge >= 0.3 is 0 Å². The molecule has 10 heteroatoms. The minimum absolute atomic E-state index is 0.132. The normalized spacial score (nSPS) is 11.4. The first-order chi connectivity index (χ1) is 17.1. The number of aromatic nitrogens is 5. The monoisotopic (exact) mass is 503 g/mol. The first kappa shape index (κ1) is 22.8. The number of tetrazole rings is 1. The molecule has 0 bridgehead atoms. The van der Waals surface area contributed by atoms with Crippen molar-refractivity contribution >= 4 is 46.2 Å². The third kappa shape index (κ3) is 5.24. The number of nitrogens with zero attached hydrogens (tertiary/aromatic N) is 6. The standard InChI is InChI=1S/C25H19Cl2N7O/c26-19-11-9-17(10-12-19)14-33-15-18(20-5-2-4-8-23(20)33)13-28-29-24(35)16-34-31-25(30-32-34)21-6-1-3-7-22(21)27/h1-13,15H,14,16H2,(H,29,35). The van der Waals surface area contributed by atoms with Crippen molar-refractivity contribution in [2.75, 3.05) is 0 Å². The van der Waals surface area contributed by atoms with Crippen LogP contribution in [0.25, 0.3) is 22.3 Å². The van der Waals surface area contributed by atoms with E-state index < -0.39 is 0 Å². The molecule has 0 radical (unpaired) electrons. The smallest absolute Gasteiger partial charge is 0.263 e. The number of hydrazone groups is 1. The molecular formula is C25H19Cl2N7O. The van der Waals surface area contributed by atoms with E-state index in [-0.39, 0.29) is 12.5 Å². The van der Waals surface area contributed by atoms with Crippen LogP contribution in [0.5, 0.6) is 0 Å². The lowest BCUT2D eigenvalue weighted by Crippen LogP contribution is -2.24. The summed E-state index contributed by atoms with van der Waals surface area (Å²) in [6.07, 6.45) is 3.63. The fraction of sp³-hybridized carbons (Fsp3) is 0.0800. The van der Waals surface area contributed by atoms with Gasteiger partial charge in [-0.3, -0.25) is 4.79 Å². The van der Waals surface area contributed by atoms with Crippen LogP contribution in [0, 0.1) is 0 Å². The van der Waals surface area contributed by atoms with Gasteiger partial charge in [0.2, 0.25) is 5.82 Å². The number of halogens is 2. The van der Waals surface area contributed by atoms with Gasteiger partial charge in [-0.05, 0) is 41.1 Å². The Morgan fingerprint density at radius 1 is 1.00 bits per heavy atom. The summed E-state index contributed by atoms with van der Waals surface area (Å²) in [5.41, 5.74) is 6.25. The van der Waals surface area contributed by atoms with Crippen molar-refractivity contribution < 1.29 is 4.79 Å². The molecule has 0 saturated heterocycles. The number of carbonyl (C=O) groups excluding carboxylic acids is 1. The van der Waals surface area contributed by atoms with Crippen molar-refractivity contribution in [3.63, 3.8) is 0 Å². The van der Waals surface area contributed by atoms with Gasteiger partial charge in [0.05, 0.1) is 11.2 Å². The highest BCUT2D eigenvalue weighted by molar-refractivity contribution is 6.33. The number of rotatable bonds is 7. The van der Waals surface area contributed by atoms with E-state index in [1.807, 2.05) is 66.9 Å². The van der Waals surface area contributed by atoms with E-state index in [0.717, 1.165) is 22.0 Å². The van der Waals surface area contributed by atoms with Crippen LogP contribution in [0.1, 0.15) is 11.1 Å². The second kappa shape index (κ2) is 10.1. The van der Waals surface area contributed by atoms with Gasteiger partial charge < -0.3 is 4.57 Å². The van der Waals surface area contributed by atoms with Crippen molar-refractivity contribution in [3.05, 3.63) is 100 Å². The SMILES string of the molecule is O=C(Cn1nnc(-c2ccccc2Cl)n1)NN=Cc1cn(Cc2ccc(Cl)cc2)c2ccccc12. The van der Waals surface area contributed by atoms with E-state index in [2.05, 4.69) is 30.5 Å². The molecule has 35 heavy (non-hydrogen) atoms. The van der Waals surface area contributed by atoms with E-state index in [4.69, 9.17) is 23.2 Å². The highest BCUT2D eigenvalue weighted by atomic mass is 35.5. The predicted octanol–water partition coefficient (Wildman–Crippen LogP) is 4.80. The van der Waals surface area contributed by atoms with Crippen LogP contribution in [-0.4, -0.2) is 36.9 Å². The van der Waals surface area contributed by atoms with Crippen molar-refractivity contribution in [2.24, 2.45) is 5.10 Å². The molecular weight excluding hydrogens is 485 g/mol. The van der Waals surface area contributed by atoms with Crippen LogP contribution in [0.3, 0.4) is 0 Å². The number of fused-ring (bicyclic) bond motifs is 1. The van der Waals surface area contributed by atoms with E-state index in [0.29, 0.717) is 28.0 Å². The third-order valence-electron chi connectivity index (χ3n) is 5.33. The number of nitrogens with one attached hydrogen (secondary N) is 1. The predicted molar refractivity (Wildman–Crippen MR) is 136 cm³/mol. The fourth-order valence-electron chi connectivity index (χ4n) is 3.69. The molecule has 0 atom stereocenters. The number of carbonyl (C=O) groups is 1. The van der Waals surface area contributed by atoms with Crippen LogP contribution in [0.2, 0.25) is 10.0 Å². The fourth-order valence-corrected chi connectivity index (χ4v) is 4.04. The van der Waals surface area contributed by atoms with Gasteiger partial charge in [-0.15, -0.1) is 10.2 Å². The average molecular weight is 504 g/mol. The van der Waals surface area contributed by atoms with Crippen molar-refractivity contribution in [3.8, 4) is 11.4 Å². The van der Waals surface area contributed by atoms with Gasteiger partial charge in [-0.25, -0.2) is 5.43 Å². The van der Waals surface area contributed by atoms with Crippen molar-refractivity contribution in [2.45, 2.75) is 13.1 Å². The molecule has 5 aromatic rings. The molecule has 5 rings (SSSR count). The maximum absolute atomic E-state index is 12.4. The first-order valence-corrected chi connectivity index (χ1v) is 11.5. The number of hydrogen-bond donors (Lipinski definition) is 1. The Labute approximate surface area is 210 Å². The molecule has 1 amide bonds. The van der Waals surface area contributed by atoms with Crippen molar-refractivity contribution in [1.82, 2.24) is 30.2 Å². The largest absolute Gasteiger partial charge is 0.342 e. The number of hydrogen-bond acceptors (Lipinski definition) is 5. The van der Waals surface area contributed by atoms with Crippen LogP contribution < -0.4 is 5.43 Å². The Bertz CT molecular complexity index is 1520. The molecule has 0 unspecified atom stereocenters. The van der Waals surface area contributed by atoms with Crippen LogP contribution >= 0.6 is 23.2 Å². The Kier molecular flexibility index (Phi) is 6.56. The highest BCUT2D eigenvalue weighted by Crippen LogP contribution is 2.24. The quantitative estimate of drug-likeness (QED) is 0.255. The Morgan fingerprint density at radius 3 is 2.60 bits per heavy atom. The maximum atomic E-state index is 12.4. The molecule has 1 N–H and O–H groups in total. The van der Waals surface area contributed by atoms with Gasteiger partial charge in [0.15, 0.2) is 0 Å². The lowest BCUT2D eigenvalue weighted by atomic mass is 10.2. The molecule has 3 aromatic carbocycles. The topological polar surface area (TPSA) is 90.0 Å². The van der Waals surface area contributed by atoms with E-state index in [9.17, 15) is 4.79 Å². The number of benzene rings is 3. The van der Waals surface area contributed by atoms with Gasteiger partial charge in [-0.1, -0.05) is 65.7 Å². The van der Waals surface area contributed by atoms with Gasteiger partial charge in [-0.2, -0.15) is 9.90 Å². The second-order valence-corrected chi connectivity index (χ2v) is 8.62. The third-order valence-corrected chi connectivity index (χ3v) is 5.91. The van der Waals surface area contributed by atoms with E-state index in [1.54, 1.807) is 18.3 Å².